The van der Waals surface area contributed by atoms with E-state index in [1.807, 2.05) is 81.4 Å². The van der Waals surface area contributed by atoms with Crippen LogP contribution in [0.2, 0.25) is 0 Å². The normalized spacial score (nSPS) is 12.6. The second-order valence-corrected chi connectivity index (χ2v) is 18.4. The summed E-state index contributed by atoms with van der Waals surface area (Å²) in [6.45, 7) is 11.8. The minimum Gasteiger partial charge on any atom is -0.493 e. The quantitative estimate of drug-likeness (QED) is 0.0823. The SMILES string of the molecule is COc1ccccc1Oc1c(NS(=O)(=O)c2ccc(C(C)(C)C)cc2)nc(OC(CC(C)(C)C)O[Si](c2ccccc2)c2ccccc2)nc1OCCO. The predicted molar refractivity (Wildman–Crippen MR) is 211 cm³/mol. The van der Waals surface area contributed by atoms with Crippen molar-refractivity contribution < 1.29 is 36.9 Å². The van der Waals surface area contributed by atoms with Gasteiger partial charge in [0.05, 0.1) is 18.6 Å². The molecular formula is C41H48N3O8SSi. The summed E-state index contributed by atoms with van der Waals surface area (Å²) in [6.07, 6.45) is -0.446. The van der Waals surface area contributed by atoms with Crippen molar-refractivity contribution >= 4 is 35.3 Å². The Morgan fingerprint density at radius 1 is 0.778 bits per heavy atom. The van der Waals surface area contributed by atoms with Crippen molar-refractivity contribution in [3.05, 3.63) is 115 Å². The largest absolute Gasteiger partial charge is 0.493 e. The average Bonchev–Trinajstić information content (AvgIpc) is 3.14. The molecule has 0 bridgehead atoms. The lowest BCUT2D eigenvalue weighted by atomic mass is 9.87. The Morgan fingerprint density at radius 3 is 1.89 bits per heavy atom. The lowest BCUT2D eigenvalue weighted by Gasteiger charge is -2.29. The molecule has 1 unspecified atom stereocenters. The van der Waals surface area contributed by atoms with Crippen LogP contribution < -0.4 is 34.0 Å². The molecule has 13 heteroatoms. The van der Waals surface area contributed by atoms with Crippen LogP contribution >= 0.6 is 0 Å². The zero-order chi connectivity index (χ0) is 38.9. The van der Waals surface area contributed by atoms with Gasteiger partial charge in [-0.2, -0.15) is 9.97 Å². The van der Waals surface area contributed by atoms with Crippen LogP contribution in [0.3, 0.4) is 0 Å². The van der Waals surface area contributed by atoms with E-state index >= 15 is 0 Å². The molecule has 1 radical (unpaired) electrons. The molecule has 0 aliphatic heterocycles. The van der Waals surface area contributed by atoms with Crippen molar-refractivity contribution in [2.75, 3.05) is 25.0 Å². The standard InChI is InChI=1S/C41H48N3O8SSi/c1-40(2,3)28-35(52-54(31-16-10-8-11-17-31)32-18-12-9-13-19-32)51-39-42-37(44-53(46,47)30-24-22-29(23-25-30)41(4,5)6)36(38(43-39)49-27-26-45)50-34-21-15-14-20-33(34)48-7/h8-25,35,45H,26-28H2,1-7H3,(H,42,43,44). The minimum atomic E-state index is -4.25. The average molecular weight is 771 g/mol. The molecule has 5 rings (SSSR count). The van der Waals surface area contributed by atoms with Gasteiger partial charge in [0, 0.05) is 6.42 Å². The Morgan fingerprint density at radius 2 is 1.35 bits per heavy atom. The van der Waals surface area contributed by atoms with E-state index in [-0.39, 0.29) is 58.1 Å². The molecule has 1 heterocycles. The lowest BCUT2D eigenvalue weighted by Crippen LogP contribution is -2.49. The molecule has 1 aromatic heterocycles. The second kappa shape index (κ2) is 17.5. The third kappa shape index (κ3) is 10.8. The highest BCUT2D eigenvalue weighted by Gasteiger charge is 2.31. The Hall–Kier alpha value is -4.95. The highest BCUT2D eigenvalue weighted by Crippen LogP contribution is 2.42. The molecule has 11 nitrogen and oxygen atoms in total. The maximum Gasteiger partial charge on any atom is 0.324 e. The van der Waals surface area contributed by atoms with Crippen molar-refractivity contribution in [1.29, 1.82) is 0 Å². The number of rotatable bonds is 16. The zero-order valence-corrected chi connectivity index (χ0v) is 33.5. The van der Waals surface area contributed by atoms with Crippen LogP contribution in [0.5, 0.6) is 29.1 Å². The van der Waals surface area contributed by atoms with Gasteiger partial charge < -0.3 is 28.5 Å². The van der Waals surface area contributed by atoms with E-state index in [1.54, 1.807) is 36.4 Å². The number of benzene rings is 4. The summed E-state index contributed by atoms with van der Waals surface area (Å²) in [5.74, 6) is 0.0132. The Balaban J connectivity index is 1.62. The predicted octanol–water partition coefficient (Wildman–Crippen LogP) is 6.71. The number of hydrogen-bond acceptors (Lipinski definition) is 10. The van der Waals surface area contributed by atoms with Gasteiger partial charge in [-0.05, 0) is 51.0 Å². The number of nitrogens with zero attached hydrogens (tertiary/aromatic N) is 2. The molecule has 0 fully saturated rings. The maximum atomic E-state index is 14.0. The first-order chi connectivity index (χ1) is 25.7. The molecule has 54 heavy (non-hydrogen) atoms. The van der Waals surface area contributed by atoms with E-state index in [0.29, 0.717) is 12.2 Å². The third-order valence-electron chi connectivity index (χ3n) is 8.02. The molecule has 0 aliphatic rings. The third-order valence-corrected chi connectivity index (χ3v) is 11.6. The summed E-state index contributed by atoms with van der Waals surface area (Å²) < 4.78 is 61.6. The van der Waals surface area contributed by atoms with Crippen LogP contribution in [0.1, 0.15) is 53.5 Å². The highest BCUT2D eigenvalue weighted by molar-refractivity contribution is 7.92. The molecule has 0 spiro atoms. The summed E-state index contributed by atoms with van der Waals surface area (Å²) >= 11 is 0. The first-order valence-electron chi connectivity index (χ1n) is 17.6. The number of aliphatic hydroxyl groups excluding tert-OH is 1. The summed E-state index contributed by atoms with van der Waals surface area (Å²) in [5, 5.41) is 11.8. The number of aromatic nitrogens is 2. The first-order valence-corrected chi connectivity index (χ1v) is 20.5. The van der Waals surface area contributed by atoms with E-state index in [9.17, 15) is 13.5 Å². The first kappa shape index (κ1) is 40.2. The molecule has 5 aromatic rings. The summed E-state index contributed by atoms with van der Waals surface area (Å²) in [5.41, 5.74) is 0.519. The Bertz CT molecular complexity index is 2030. The van der Waals surface area contributed by atoms with E-state index in [1.165, 1.54) is 19.2 Å². The van der Waals surface area contributed by atoms with Crippen LogP contribution in [-0.2, 0) is 19.9 Å². The van der Waals surface area contributed by atoms with Gasteiger partial charge in [-0.3, -0.25) is 4.72 Å². The van der Waals surface area contributed by atoms with Gasteiger partial charge in [0.15, 0.2) is 23.6 Å². The van der Waals surface area contributed by atoms with E-state index in [4.69, 9.17) is 23.4 Å². The molecule has 4 aromatic carbocycles. The molecule has 2 N–H and O–H groups in total. The summed E-state index contributed by atoms with van der Waals surface area (Å²) in [6, 6.07) is 33.1. The Labute approximate surface area is 320 Å². The fourth-order valence-corrected chi connectivity index (χ4v) is 8.33. The number of aliphatic hydroxyl groups is 1. The van der Waals surface area contributed by atoms with Crippen molar-refractivity contribution in [1.82, 2.24) is 9.97 Å². The fourth-order valence-electron chi connectivity index (χ4n) is 5.34. The van der Waals surface area contributed by atoms with Gasteiger partial charge in [-0.1, -0.05) is 126 Å². The molecule has 285 valence electrons. The molecule has 0 saturated carbocycles. The number of methoxy groups -OCH3 is 1. The van der Waals surface area contributed by atoms with Crippen LogP contribution in [0.15, 0.2) is 114 Å². The van der Waals surface area contributed by atoms with Gasteiger partial charge in [-0.15, -0.1) is 0 Å². The van der Waals surface area contributed by atoms with Gasteiger partial charge in [0.1, 0.15) is 6.61 Å². The number of ether oxygens (including phenoxy) is 4. The highest BCUT2D eigenvalue weighted by atomic mass is 32.2. The number of anilines is 1. The number of nitrogens with one attached hydrogen (secondary N) is 1. The molecular weight excluding hydrogens is 723 g/mol. The van der Waals surface area contributed by atoms with Crippen molar-refractivity contribution in [2.24, 2.45) is 5.41 Å². The van der Waals surface area contributed by atoms with Crippen molar-refractivity contribution in [2.45, 2.75) is 64.6 Å². The van der Waals surface area contributed by atoms with E-state index in [2.05, 4.69) is 35.5 Å². The summed E-state index contributed by atoms with van der Waals surface area (Å²) in [4.78, 5) is 9.14. The van der Waals surface area contributed by atoms with Gasteiger partial charge >= 0.3 is 6.01 Å². The number of sulfonamides is 1. The van der Waals surface area contributed by atoms with Gasteiger partial charge in [0.25, 0.3) is 24.9 Å². The number of para-hydroxylation sites is 2. The van der Waals surface area contributed by atoms with Gasteiger partial charge in [0.2, 0.25) is 5.75 Å². The van der Waals surface area contributed by atoms with E-state index < -0.39 is 25.4 Å². The Kier molecular flexibility index (Phi) is 13.0. The zero-order valence-electron chi connectivity index (χ0n) is 31.7. The lowest BCUT2D eigenvalue weighted by molar-refractivity contribution is -0.0293. The van der Waals surface area contributed by atoms with Gasteiger partial charge in [-0.25, -0.2) is 8.42 Å². The second-order valence-electron chi connectivity index (χ2n) is 14.7. The molecule has 0 amide bonds. The monoisotopic (exact) mass is 770 g/mol. The van der Waals surface area contributed by atoms with Crippen molar-refractivity contribution in [3.8, 4) is 29.1 Å². The smallest absolute Gasteiger partial charge is 0.324 e. The molecule has 0 aliphatic carbocycles. The van der Waals surface area contributed by atoms with Crippen LogP contribution in [0.25, 0.3) is 0 Å². The van der Waals surface area contributed by atoms with Crippen LogP contribution in [0.4, 0.5) is 5.82 Å². The fraction of sp³-hybridized carbons (Fsp3) is 0.317. The molecule has 1 atom stereocenters. The van der Waals surface area contributed by atoms with E-state index in [0.717, 1.165) is 15.9 Å². The maximum absolute atomic E-state index is 14.0. The molecule has 0 saturated heterocycles. The summed E-state index contributed by atoms with van der Waals surface area (Å²) in [7, 11) is -4.61. The van der Waals surface area contributed by atoms with Crippen LogP contribution in [-0.4, -0.2) is 59.1 Å². The van der Waals surface area contributed by atoms with Crippen LogP contribution in [0, 0.1) is 5.41 Å². The topological polar surface area (TPSA) is 138 Å². The van der Waals surface area contributed by atoms with Crippen molar-refractivity contribution in [3.63, 3.8) is 0 Å². The number of hydrogen-bond donors (Lipinski definition) is 2. The minimum absolute atomic E-state index is 0.00422.